The molecule has 1 aliphatic carbocycles. The molecule has 6 heteroatoms. The molecule has 0 aromatic heterocycles. The first kappa shape index (κ1) is 21.0. The molecule has 3 aromatic carbocycles. The quantitative estimate of drug-likeness (QED) is 0.594. The first-order chi connectivity index (χ1) is 15.6. The maximum atomic E-state index is 12.5. The standard InChI is InChI=1S/C26H29N3O2S/c30-32(31,26-8-2-1-3-9-26)28-23-10-12-25(13-11-23)29-16-14-22(15-17-29)27-24-18-20-6-4-5-7-21(20)19-24/h1-13,22,24,27-28H,14-19H2. The minimum atomic E-state index is -3.56. The van der Waals surface area contributed by atoms with E-state index in [9.17, 15) is 8.42 Å². The van der Waals surface area contributed by atoms with E-state index in [4.69, 9.17) is 0 Å². The fourth-order valence-corrected chi connectivity index (χ4v) is 5.95. The third kappa shape index (κ3) is 4.66. The number of hydrogen-bond acceptors (Lipinski definition) is 4. The van der Waals surface area contributed by atoms with E-state index in [0.29, 0.717) is 17.8 Å². The molecule has 166 valence electrons. The lowest BCUT2D eigenvalue weighted by molar-refractivity contribution is 0.370. The van der Waals surface area contributed by atoms with Crippen LogP contribution in [0.1, 0.15) is 24.0 Å². The van der Waals surface area contributed by atoms with E-state index in [0.717, 1.165) is 44.5 Å². The molecule has 1 saturated heterocycles. The van der Waals surface area contributed by atoms with Gasteiger partial charge in [0.2, 0.25) is 0 Å². The summed E-state index contributed by atoms with van der Waals surface area (Å²) in [5.74, 6) is 0. The van der Waals surface area contributed by atoms with Crippen LogP contribution in [0, 0.1) is 0 Å². The van der Waals surface area contributed by atoms with Crippen molar-refractivity contribution in [3.8, 4) is 0 Å². The van der Waals surface area contributed by atoms with E-state index in [1.165, 1.54) is 11.1 Å². The Kier molecular flexibility index (Phi) is 5.89. The smallest absolute Gasteiger partial charge is 0.261 e. The molecular formula is C26H29N3O2S. The lowest BCUT2D eigenvalue weighted by atomic mass is 10.0. The maximum absolute atomic E-state index is 12.5. The van der Waals surface area contributed by atoms with Gasteiger partial charge in [0.1, 0.15) is 0 Å². The normalized spacial score (nSPS) is 17.3. The maximum Gasteiger partial charge on any atom is 0.261 e. The van der Waals surface area contributed by atoms with Gasteiger partial charge in [-0.05, 0) is 73.2 Å². The van der Waals surface area contributed by atoms with Crippen molar-refractivity contribution in [3.05, 3.63) is 90.0 Å². The molecule has 0 radical (unpaired) electrons. The summed E-state index contributed by atoms with van der Waals surface area (Å²) in [6.45, 7) is 2.01. The average Bonchev–Trinajstić information content (AvgIpc) is 3.23. The Balaban J connectivity index is 1.14. The van der Waals surface area contributed by atoms with E-state index in [-0.39, 0.29) is 4.90 Å². The van der Waals surface area contributed by atoms with Crippen molar-refractivity contribution in [1.82, 2.24) is 5.32 Å². The number of piperidine rings is 1. The van der Waals surface area contributed by atoms with Crippen LogP contribution in [-0.4, -0.2) is 33.6 Å². The second-order valence-electron chi connectivity index (χ2n) is 8.77. The number of fused-ring (bicyclic) bond motifs is 1. The van der Waals surface area contributed by atoms with Gasteiger partial charge < -0.3 is 10.2 Å². The molecule has 3 aromatic rings. The number of hydrogen-bond donors (Lipinski definition) is 2. The van der Waals surface area contributed by atoms with Gasteiger partial charge in [0.05, 0.1) is 4.90 Å². The molecule has 0 saturated carbocycles. The van der Waals surface area contributed by atoms with Crippen molar-refractivity contribution in [1.29, 1.82) is 0 Å². The molecule has 1 aliphatic heterocycles. The molecule has 5 nitrogen and oxygen atoms in total. The number of nitrogens with one attached hydrogen (secondary N) is 2. The molecule has 32 heavy (non-hydrogen) atoms. The Morgan fingerprint density at radius 3 is 1.94 bits per heavy atom. The van der Waals surface area contributed by atoms with Crippen LogP contribution in [0.2, 0.25) is 0 Å². The minimum Gasteiger partial charge on any atom is -0.371 e. The van der Waals surface area contributed by atoms with Crippen molar-refractivity contribution in [2.75, 3.05) is 22.7 Å². The number of anilines is 2. The predicted octanol–water partition coefficient (Wildman–Crippen LogP) is 4.21. The molecule has 2 aliphatic rings. The topological polar surface area (TPSA) is 61.4 Å². The Hall–Kier alpha value is -2.83. The second kappa shape index (κ2) is 8.96. The number of rotatable bonds is 6. The first-order valence-corrected chi connectivity index (χ1v) is 12.8. The Morgan fingerprint density at radius 2 is 1.31 bits per heavy atom. The van der Waals surface area contributed by atoms with Gasteiger partial charge in [-0.3, -0.25) is 4.72 Å². The predicted molar refractivity (Wildman–Crippen MR) is 130 cm³/mol. The van der Waals surface area contributed by atoms with Gasteiger partial charge >= 0.3 is 0 Å². The van der Waals surface area contributed by atoms with Gasteiger partial charge in [0.15, 0.2) is 0 Å². The van der Waals surface area contributed by atoms with Gasteiger partial charge in [0.25, 0.3) is 10.0 Å². The van der Waals surface area contributed by atoms with Crippen molar-refractivity contribution >= 4 is 21.4 Å². The van der Waals surface area contributed by atoms with Crippen molar-refractivity contribution in [3.63, 3.8) is 0 Å². The summed E-state index contributed by atoms with van der Waals surface area (Å²) < 4.78 is 27.7. The zero-order chi connectivity index (χ0) is 22.0. The molecule has 1 heterocycles. The zero-order valence-corrected chi connectivity index (χ0v) is 18.9. The highest BCUT2D eigenvalue weighted by Crippen LogP contribution is 2.26. The van der Waals surface area contributed by atoms with E-state index < -0.39 is 10.0 Å². The summed E-state index contributed by atoms with van der Waals surface area (Å²) in [4.78, 5) is 2.65. The molecule has 0 atom stereocenters. The van der Waals surface area contributed by atoms with Gasteiger partial charge in [-0.1, -0.05) is 42.5 Å². The first-order valence-electron chi connectivity index (χ1n) is 11.3. The van der Waals surface area contributed by atoms with Crippen molar-refractivity contribution in [2.45, 2.75) is 42.7 Å². The van der Waals surface area contributed by atoms with Crippen molar-refractivity contribution in [2.24, 2.45) is 0 Å². The van der Waals surface area contributed by atoms with Crippen LogP contribution in [0.4, 0.5) is 11.4 Å². The van der Waals surface area contributed by atoms with Crippen LogP contribution in [0.25, 0.3) is 0 Å². The molecule has 5 rings (SSSR count). The Labute approximate surface area is 190 Å². The van der Waals surface area contributed by atoms with E-state index >= 15 is 0 Å². The fraction of sp³-hybridized carbons (Fsp3) is 0.308. The molecule has 0 bridgehead atoms. The second-order valence-corrected chi connectivity index (χ2v) is 10.4. The average molecular weight is 448 g/mol. The van der Waals surface area contributed by atoms with Gasteiger partial charge in [0, 0.05) is 36.5 Å². The highest BCUT2D eigenvalue weighted by atomic mass is 32.2. The third-order valence-electron chi connectivity index (χ3n) is 6.56. The summed E-state index contributed by atoms with van der Waals surface area (Å²) in [5, 5.41) is 3.88. The summed E-state index contributed by atoms with van der Waals surface area (Å²) in [6.07, 6.45) is 4.51. The SMILES string of the molecule is O=S(=O)(Nc1ccc(N2CCC(NC3Cc4ccccc4C3)CC2)cc1)c1ccccc1. The molecule has 0 amide bonds. The summed E-state index contributed by atoms with van der Waals surface area (Å²) in [6, 6.07) is 26.0. The molecular weight excluding hydrogens is 418 g/mol. The highest BCUT2D eigenvalue weighted by molar-refractivity contribution is 7.92. The molecule has 2 N–H and O–H groups in total. The van der Waals surface area contributed by atoms with Crippen LogP contribution in [0.3, 0.4) is 0 Å². The lowest BCUT2D eigenvalue weighted by Gasteiger charge is -2.35. The largest absolute Gasteiger partial charge is 0.371 e. The number of benzene rings is 3. The minimum absolute atomic E-state index is 0.268. The van der Waals surface area contributed by atoms with Gasteiger partial charge in [-0.2, -0.15) is 0 Å². The number of sulfonamides is 1. The monoisotopic (exact) mass is 447 g/mol. The summed E-state index contributed by atoms with van der Waals surface area (Å²) in [5.41, 5.74) is 4.70. The van der Waals surface area contributed by atoms with E-state index in [2.05, 4.69) is 39.2 Å². The van der Waals surface area contributed by atoms with Crippen molar-refractivity contribution < 1.29 is 8.42 Å². The lowest BCUT2D eigenvalue weighted by Crippen LogP contribution is -2.46. The number of nitrogens with zero attached hydrogens (tertiary/aromatic N) is 1. The van der Waals surface area contributed by atoms with Crippen LogP contribution < -0.4 is 14.9 Å². The third-order valence-corrected chi connectivity index (χ3v) is 7.95. The van der Waals surface area contributed by atoms with Crippen LogP contribution in [-0.2, 0) is 22.9 Å². The van der Waals surface area contributed by atoms with Crippen LogP contribution in [0.15, 0.2) is 83.8 Å². The van der Waals surface area contributed by atoms with Crippen LogP contribution in [0.5, 0.6) is 0 Å². The van der Waals surface area contributed by atoms with E-state index in [1.807, 2.05) is 24.3 Å². The van der Waals surface area contributed by atoms with E-state index in [1.54, 1.807) is 30.3 Å². The summed E-state index contributed by atoms with van der Waals surface area (Å²) in [7, 11) is -3.56. The molecule has 0 unspecified atom stereocenters. The highest BCUT2D eigenvalue weighted by Gasteiger charge is 2.26. The summed E-state index contributed by atoms with van der Waals surface area (Å²) >= 11 is 0. The van der Waals surface area contributed by atoms with Crippen LogP contribution >= 0.6 is 0 Å². The fourth-order valence-electron chi connectivity index (χ4n) is 4.87. The zero-order valence-electron chi connectivity index (χ0n) is 18.1. The van der Waals surface area contributed by atoms with Gasteiger partial charge in [-0.25, -0.2) is 8.42 Å². The molecule has 1 fully saturated rings. The molecule has 0 spiro atoms. The Bertz CT molecular complexity index is 1130. The Morgan fingerprint density at radius 1 is 0.719 bits per heavy atom. The van der Waals surface area contributed by atoms with Gasteiger partial charge in [-0.15, -0.1) is 0 Å².